The summed E-state index contributed by atoms with van der Waals surface area (Å²) in [7, 11) is 4.36. The molecule has 0 amide bonds. The van der Waals surface area contributed by atoms with E-state index < -0.39 is 0 Å². The molecule has 0 bridgehead atoms. The van der Waals surface area contributed by atoms with Gasteiger partial charge in [0.2, 0.25) is 0 Å². The Morgan fingerprint density at radius 3 is 2.25 bits per heavy atom. The van der Waals surface area contributed by atoms with Crippen molar-refractivity contribution in [1.29, 1.82) is 0 Å². The molecule has 1 atom stereocenters. The first-order chi connectivity index (χ1) is 5.70. The minimum atomic E-state index is 0.903. The lowest BCUT2D eigenvalue weighted by molar-refractivity contribution is 0.214. The van der Waals surface area contributed by atoms with Gasteiger partial charge in [0.15, 0.2) is 0 Å². The molecule has 1 aliphatic rings. The molecule has 0 spiro atoms. The van der Waals surface area contributed by atoms with Crippen LogP contribution in [0.3, 0.4) is 0 Å². The van der Waals surface area contributed by atoms with E-state index in [0.29, 0.717) is 0 Å². The largest absolute Gasteiger partial charge is 0.309 e. The molecule has 0 aliphatic heterocycles. The fourth-order valence-electron chi connectivity index (χ4n) is 2.43. The first kappa shape index (κ1) is 10.0. The van der Waals surface area contributed by atoms with Gasteiger partial charge in [-0.25, -0.2) is 0 Å². The molecule has 1 fully saturated rings. The molecule has 1 nitrogen and oxygen atoms in total. The second kappa shape index (κ2) is 4.86. The van der Waals surface area contributed by atoms with Crippen LogP contribution in [0.5, 0.6) is 0 Å². The van der Waals surface area contributed by atoms with Crippen molar-refractivity contribution in [2.75, 3.05) is 20.6 Å². The van der Waals surface area contributed by atoms with Crippen molar-refractivity contribution in [3.05, 3.63) is 0 Å². The van der Waals surface area contributed by atoms with Crippen LogP contribution in [-0.2, 0) is 0 Å². The standard InChI is InChI=1S/C11H23N/c1-10(9-12(2)3)11-7-5-4-6-8-11/h10-11H,4-9H2,1-3H3/t10-/m1/s1. The van der Waals surface area contributed by atoms with E-state index in [1.165, 1.54) is 38.6 Å². The van der Waals surface area contributed by atoms with Crippen molar-refractivity contribution < 1.29 is 0 Å². The van der Waals surface area contributed by atoms with Gasteiger partial charge in [-0.1, -0.05) is 39.0 Å². The highest BCUT2D eigenvalue weighted by atomic mass is 15.1. The molecule has 0 aromatic carbocycles. The van der Waals surface area contributed by atoms with Crippen molar-refractivity contribution in [1.82, 2.24) is 4.90 Å². The average molecular weight is 169 g/mol. The van der Waals surface area contributed by atoms with Gasteiger partial charge < -0.3 is 4.90 Å². The van der Waals surface area contributed by atoms with E-state index in [2.05, 4.69) is 25.9 Å². The SMILES string of the molecule is C[C@H](CN(C)C)C1CCCCC1. The number of hydrogen-bond acceptors (Lipinski definition) is 1. The highest BCUT2D eigenvalue weighted by Crippen LogP contribution is 2.29. The van der Waals surface area contributed by atoms with Crippen LogP contribution < -0.4 is 0 Å². The maximum Gasteiger partial charge on any atom is 0.000357 e. The lowest BCUT2D eigenvalue weighted by atomic mass is 9.81. The predicted molar refractivity (Wildman–Crippen MR) is 54.3 cm³/mol. The maximum atomic E-state index is 2.41. The molecule has 0 N–H and O–H groups in total. The van der Waals surface area contributed by atoms with Crippen molar-refractivity contribution in [3.8, 4) is 0 Å². The first-order valence-electron chi connectivity index (χ1n) is 5.35. The second-order valence-corrected chi connectivity index (χ2v) is 4.64. The van der Waals surface area contributed by atoms with E-state index in [-0.39, 0.29) is 0 Å². The van der Waals surface area contributed by atoms with Gasteiger partial charge in [-0.3, -0.25) is 0 Å². The zero-order chi connectivity index (χ0) is 8.97. The van der Waals surface area contributed by atoms with Gasteiger partial charge in [0.05, 0.1) is 0 Å². The highest BCUT2D eigenvalue weighted by molar-refractivity contribution is 4.72. The fraction of sp³-hybridized carbons (Fsp3) is 1.00. The topological polar surface area (TPSA) is 3.24 Å². The molecule has 72 valence electrons. The van der Waals surface area contributed by atoms with E-state index >= 15 is 0 Å². The normalized spacial score (nSPS) is 23.0. The summed E-state index contributed by atoms with van der Waals surface area (Å²) >= 11 is 0. The summed E-state index contributed by atoms with van der Waals surface area (Å²) in [6.45, 7) is 3.68. The summed E-state index contributed by atoms with van der Waals surface area (Å²) in [4.78, 5) is 2.32. The highest BCUT2D eigenvalue weighted by Gasteiger charge is 2.19. The molecule has 1 aliphatic carbocycles. The third kappa shape index (κ3) is 3.14. The Kier molecular flexibility index (Phi) is 4.07. The van der Waals surface area contributed by atoms with Crippen LogP contribution in [0.15, 0.2) is 0 Å². The van der Waals surface area contributed by atoms with Gasteiger partial charge in [0.1, 0.15) is 0 Å². The Balaban J connectivity index is 2.24. The monoisotopic (exact) mass is 169 g/mol. The zero-order valence-corrected chi connectivity index (χ0v) is 8.84. The fourth-order valence-corrected chi connectivity index (χ4v) is 2.43. The molecule has 12 heavy (non-hydrogen) atoms. The summed E-state index contributed by atoms with van der Waals surface area (Å²) < 4.78 is 0. The van der Waals surface area contributed by atoms with E-state index in [0.717, 1.165) is 11.8 Å². The number of hydrogen-bond donors (Lipinski definition) is 0. The smallest absolute Gasteiger partial charge is 0.000357 e. The second-order valence-electron chi connectivity index (χ2n) is 4.64. The Morgan fingerprint density at radius 2 is 1.75 bits per heavy atom. The van der Waals surface area contributed by atoms with Gasteiger partial charge >= 0.3 is 0 Å². The summed E-state index contributed by atoms with van der Waals surface area (Å²) in [6.07, 6.45) is 7.39. The van der Waals surface area contributed by atoms with Crippen LogP contribution in [0.2, 0.25) is 0 Å². The quantitative estimate of drug-likeness (QED) is 0.628. The lowest BCUT2D eigenvalue weighted by Gasteiger charge is -2.29. The van der Waals surface area contributed by atoms with Crippen molar-refractivity contribution in [2.24, 2.45) is 11.8 Å². The molecular formula is C11H23N. The molecule has 0 radical (unpaired) electrons. The Hall–Kier alpha value is -0.0400. The Morgan fingerprint density at radius 1 is 1.17 bits per heavy atom. The van der Waals surface area contributed by atoms with Gasteiger partial charge in [-0.15, -0.1) is 0 Å². The van der Waals surface area contributed by atoms with E-state index in [1.54, 1.807) is 0 Å². The first-order valence-corrected chi connectivity index (χ1v) is 5.35. The molecule has 1 rings (SSSR count). The van der Waals surface area contributed by atoms with Crippen LogP contribution in [0, 0.1) is 11.8 Å². The zero-order valence-electron chi connectivity index (χ0n) is 8.84. The Labute approximate surface area is 77.1 Å². The minimum absolute atomic E-state index is 0.903. The van der Waals surface area contributed by atoms with Gasteiger partial charge in [0, 0.05) is 6.54 Å². The van der Waals surface area contributed by atoms with Crippen LogP contribution in [0.25, 0.3) is 0 Å². The number of nitrogens with zero attached hydrogens (tertiary/aromatic N) is 1. The average Bonchev–Trinajstić information content (AvgIpc) is 2.05. The maximum absolute atomic E-state index is 2.41. The predicted octanol–water partition coefficient (Wildman–Crippen LogP) is 2.76. The van der Waals surface area contributed by atoms with Crippen LogP contribution >= 0.6 is 0 Å². The van der Waals surface area contributed by atoms with Crippen LogP contribution in [0.1, 0.15) is 39.0 Å². The molecular weight excluding hydrogens is 146 g/mol. The third-order valence-corrected chi connectivity index (χ3v) is 3.11. The summed E-state index contributed by atoms with van der Waals surface area (Å²) in [6, 6.07) is 0. The summed E-state index contributed by atoms with van der Waals surface area (Å²) in [5.41, 5.74) is 0. The van der Waals surface area contributed by atoms with Crippen LogP contribution in [-0.4, -0.2) is 25.5 Å². The molecule has 0 aromatic heterocycles. The van der Waals surface area contributed by atoms with Crippen LogP contribution in [0.4, 0.5) is 0 Å². The van der Waals surface area contributed by atoms with Crippen molar-refractivity contribution >= 4 is 0 Å². The van der Waals surface area contributed by atoms with Gasteiger partial charge in [0.25, 0.3) is 0 Å². The summed E-state index contributed by atoms with van der Waals surface area (Å²) in [5, 5.41) is 0. The molecule has 1 heteroatoms. The third-order valence-electron chi connectivity index (χ3n) is 3.11. The molecule has 1 saturated carbocycles. The van der Waals surface area contributed by atoms with Crippen molar-refractivity contribution in [3.63, 3.8) is 0 Å². The molecule has 0 unspecified atom stereocenters. The number of rotatable bonds is 3. The molecule has 0 saturated heterocycles. The van der Waals surface area contributed by atoms with E-state index in [1.807, 2.05) is 0 Å². The van der Waals surface area contributed by atoms with Crippen molar-refractivity contribution in [2.45, 2.75) is 39.0 Å². The lowest BCUT2D eigenvalue weighted by Crippen LogP contribution is -2.26. The van der Waals surface area contributed by atoms with Gasteiger partial charge in [-0.2, -0.15) is 0 Å². The molecule has 0 heterocycles. The Bertz CT molecular complexity index is 114. The summed E-state index contributed by atoms with van der Waals surface area (Å²) in [5.74, 6) is 1.92. The minimum Gasteiger partial charge on any atom is -0.309 e. The van der Waals surface area contributed by atoms with E-state index in [4.69, 9.17) is 0 Å². The van der Waals surface area contributed by atoms with E-state index in [9.17, 15) is 0 Å². The molecule has 0 aromatic rings. The van der Waals surface area contributed by atoms with Gasteiger partial charge in [-0.05, 0) is 25.9 Å².